The molecule has 164 valence electrons. The maximum absolute atomic E-state index is 13.7. The predicted molar refractivity (Wildman–Crippen MR) is 124 cm³/mol. The van der Waals surface area contributed by atoms with E-state index in [1.807, 2.05) is 18.3 Å². The SMILES string of the molecule is C#CC12CC3CC(C)(CC(C1)N3C(=O)CC(C)(C)c1c[nH]c3ccc(OC)c(Cl)c13)C2. The molecule has 4 aliphatic rings. The van der Waals surface area contributed by atoms with Crippen LogP contribution in [0.25, 0.3) is 10.9 Å². The molecule has 2 atom stereocenters. The zero-order valence-corrected chi connectivity index (χ0v) is 19.6. The van der Waals surface area contributed by atoms with E-state index in [1.165, 1.54) is 0 Å². The average molecular weight is 439 g/mol. The molecule has 1 N–H and O–H groups in total. The van der Waals surface area contributed by atoms with Gasteiger partial charge in [0.25, 0.3) is 0 Å². The smallest absolute Gasteiger partial charge is 0.223 e. The molecule has 4 bridgehead atoms. The average Bonchev–Trinajstić information content (AvgIpc) is 3.12. The molecule has 6 rings (SSSR count). The molecule has 5 heteroatoms. The van der Waals surface area contributed by atoms with Gasteiger partial charge >= 0.3 is 0 Å². The highest BCUT2D eigenvalue weighted by molar-refractivity contribution is 6.37. The Labute approximate surface area is 189 Å². The topological polar surface area (TPSA) is 45.3 Å². The molecular formula is C26H31ClN2O2. The molecule has 0 spiro atoms. The lowest BCUT2D eigenvalue weighted by atomic mass is 9.50. The van der Waals surface area contributed by atoms with E-state index in [0.29, 0.717) is 17.2 Å². The van der Waals surface area contributed by atoms with Gasteiger partial charge < -0.3 is 14.6 Å². The monoisotopic (exact) mass is 438 g/mol. The molecule has 2 unspecified atom stereocenters. The summed E-state index contributed by atoms with van der Waals surface area (Å²) < 4.78 is 5.42. The third kappa shape index (κ3) is 3.08. The second-order valence-corrected chi connectivity index (χ2v) is 11.5. The van der Waals surface area contributed by atoms with Crippen LogP contribution < -0.4 is 4.74 Å². The summed E-state index contributed by atoms with van der Waals surface area (Å²) in [5.74, 6) is 4.02. The number of ether oxygens (including phenoxy) is 1. The first-order valence-electron chi connectivity index (χ1n) is 11.2. The van der Waals surface area contributed by atoms with Gasteiger partial charge in [-0.15, -0.1) is 6.42 Å². The lowest BCUT2D eigenvalue weighted by molar-refractivity contribution is -0.163. The summed E-state index contributed by atoms with van der Waals surface area (Å²) in [7, 11) is 1.62. The number of aromatic nitrogens is 1. The number of amides is 1. The zero-order valence-electron chi connectivity index (χ0n) is 18.8. The van der Waals surface area contributed by atoms with Gasteiger partial charge in [-0.05, 0) is 55.2 Å². The van der Waals surface area contributed by atoms with Crippen LogP contribution in [0.1, 0.15) is 64.9 Å². The van der Waals surface area contributed by atoms with Gasteiger partial charge in [-0.2, -0.15) is 0 Å². The van der Waals surface area contributed by atoms with Gasteiger partial charge in [-0.1, -0.05) is 38.3 Å². The van der Waals surface area contributed by atoms with Crippen LogP contribution in [0.4, 0.5) is 0 Å². The van der Waals surface area contributed by atoms with Crippen molar-refractivity contribution in [2.24, 2.45) is 10.8 Å². The molecule has 1 aromatic heterocycles. The molecule has 2 aromatic rings. The fourth-order valence-electron chi connectivity index (χ4n) is 7.14. The van der Waals surface area contributed by atoms with Crippen LogP contribution in [-0.2, 0) is 10.2 Å². The number of benzene rings is 1. The minimum absolute atomic E-state index is 0.00615. The van der Waals surface area contributed by atoms with E-state index < -0.39 is 0 Å². The van der Waals surface area contributed by atoms with Crippen molar-refractivity contribution in [3.8, 4) is 18.1 Å². The molecule has 0 radical (unpaired) electrons. The third-order valence-electron chi connectivity index (χ3n) is 8.15. The molecule has 2 saturated heterocycles. The Bertz CT molecular complexity index is 1090. The van der Waals surface area contributed by atoms with Crippen LogP contribution in [0.2, 0.25) is 5.02 Å². The van der Waals surface area contributed by atoms with Crippen molar-refractivity contribution in [2.75, 3.05) is 7.11 Å². The van der Waals surface area contributed by atoms with E-state index in [-0.39, 0.29) is 34.2 Å². The molecule has 4 fully saturated rings. The van der Waals surface area contributed by atoms with Crippen molar-refractivity contribution in [1.82, 2.24) is 9.88 Å². The summed E-state index contributed by atoms with van der Waals surface area (Å²) in [6.07, 6.45) is 13.6. The van der Waals surface area contributed by atoms with E-state index in [2.05, 4.69) is 36.6 Å². The number of carbonyl (C=O) groups is 1. The first-order valence-corrected chi connectivity index (χ1v) is 11.6. The van der Waals surface area contributed by atoms with Crippen LogP contribution in [0.15, 0.2) is 18.3 Å². The Morgan fingerprint density at radius 3 is 2.61 bits per heavy atom. The zero-order chi connectivity index (χ0) is 22.2. The first-order chi connectivity index (χ1) is 14.6. The molecular weight excluding hydrogens is 408 g/mol. The van der Waals surface area contributed by atoms with Gasteiger partial charge in [-0.25, -0.2) is 0 Å². The van der Waals surface area contributed by atoms with Gasteiger partial charge in [0.15, 0.2) is 0 Å². The number of terminal acetylenes is 1. The largest absolute Gasteiger partial charge is 0.495 e. The van der Waals surface area contributed by atoms with Gasteiger partial charge in [0, 0.05) is 46.4 Å². The van der Waals surface area contributed by atoms with Crippen LogP contribution in [0.5, 0.6) is 5.75 Å². The molecule has 1 amide bonds. The number of aromatic amines is 1. The number of hydrogen-bond acceptors (Lipinski definition) is 2. The molecule has 2 aliphatic heterocycles. The number of nitrogens with zero attached hydrogens (tertiary/aromatic N) is 1. The Morgan fingerprint density at radius 1 is 1.32 bits per heavy atom. The summed E-state index contributed by atoms with van der Waals surface area (Å²) in [4.78, 5) is 19.2. The Hall–Kier alpha value is -2.12. The lowest BCUT2D eigenvalue weighted by Crippen LogP contribution is -2.66. The van der Waals surface area contributed by atoms with E-state index in [9.17, 15) is 4.79 Å². The Morgan fingerprint density at radius 2 is 2.00 bits per heavy atom. The van der Waals surface area contributed by atoms with E-state index in [0.717, 1.165) is 48.6 Å². The second-order valence-electron chi connectivity index (χ2n) is 11.1. The second kappa shape index (κ2) is 6.69. The highest BCUT2D eigenvalue weighted by Crippen LogP contribution is 2.61. The molecule has 2 saturated carbocycles. The van der Waals surface area contributed by atoms with Gasteiger partial charge in [0.1, 0.15) is 5.75 Å². The molecule has 31 heavy (non-hydrogen) atoms. The van der Waals surface area contributed by atoms with Crippen molar-refractivity contribution in [3.05, 3.63) is 28.9 Å². The van der Waals surface area contributed by atoms with Crippen LogP contribution in [-0.4, -0.2) is 35.0 Å². The van der Waals surface area contributed by atoms with Crippen molar-refractivity contribution in [1.29, 1.82) is 0 Å². The number of halogens is 1. The lowest BCUT2D eigenvalue weighted by Gasteiger charge is -2.64. The number of carbonyl (C=O) groups excluding carboxylic acids is 1. The highest BCUT2D eigenvalue weighted by atomic mass is 35.5. The minimum Gasteiger partial charge on any atom is -0.495 e. The quantitative estimate of drug-likeness (QED) is 0.624. The van der Waals surface area contributed by atoms with Gasteiger partial charge in [0.05, 0.1) is 12.1 Å². The van der Waals surface area contributed by atoms with Crippen molar-refractivity contribution < 1.29 is 9.53 Å². The standard InChI is InChI=1S/C26H31ClN2O2/c1-6-26-11-16-9-25(4,15-26)10-17(12-26)29(16)21(30)13-24(2,3)18-14-28-19-7-8-20(31-5)23(27)22(18)19/h1,7-8,14,16-17,28H,9-13,15H2,2-5H3. The summed E-state index contributed by atoms with van der Waals surface area (Å²) >= 11 is 6.67. The number of methoxy groups -OCH3 is 1. The maximum Gasteiger partial charge on any atom is 0.223 e. The molecule has 1 aromatic carbocycles. The Balaban J connectivity index is 1.44. The number of nitrogens with one attached hydrogen (secondary N) is 1. The predicted octanol–water partition coefficient (Wildman–Crippen LogP) is 5.68. The minimum atomic E-state index is -0.367. The fraction of sp³-hybridized carbons (Fsp3) is 0.577. The Kier molecular flexibility index (Phi) is 4.48. The summed E-state index contributed by atoms with van der Waals surface area (Å²) in [6.45, 7) is 6.63. The van der Waals surface area contributed by atoms with Gasteiger partial charge in [0.2, 0.25) is 5.91 Å². The summed E-state index contributed by atoms with van der Waals surface area (Å²) in [5, 5.41) is 1.54. The van der Waals surface area contributed by atoms with E-state index in [4.69, 9.17) is 22.8 Å². The van der Waals surface area contributed by atoms with E-state index in [1.54, 1.807) is 7.11 Å². The van der Waals surface area contributed by atoms with Crippen LogP contribution in [0.3, 0.4) is 0 Å². The number of piperidine rings is 2. The first kappa shape index (κ1) is 20.8. The third-order valence-corrected chi connectivity index (χ3v) is 8.52. The van der Waals surface area contributed by atoms with Crippen molar-refractivity contribution >= 4 is 28.4 Å². The summed E-state index contributed by atoms with van der Waals surface area (Å²) in [6, 6.07) is 4.39. The van der Waals surface area contributed by atoms with E-state index >= 15 is 0 Å². The van der Waals surface area contributed by atoms with Crippen LogP contribution >= 0.6 is 11.6 Å². The summed E-state index contributed by atoms with van der Waals surface area (Å²) in [5.41, 5.74) is 1.92. The normalized spacial score (nSPS) is 31.8. The fourth-order valence-corrected chi connectivity index (χ4v) is 7.49. The van der Waals surface area contributed by atoms with Crippen molar-refractivity contribution in [2.45, 2.75) is 76.8 Å². The van der Waals surface area contributed by atoms with Gasteiger partial charge in [-0.3, -0.25) is 4.79 Å². The molecule has 4 nitrogen and oxygen atoms in total. The number of rotatable bonds is 4. The molecule has 3 heterocycles. The maximum atomic E-state index is 13.7. The number of hydrogen-bond donors (Lipinski definition) is 1. The molecule has 2 aliphatic carbocycles. The highest BCUT2D eigenvalue weighted by Gasteiger charge is 2.59. The number of H-pyrrole nitrogens is 1. The van der Waals surface area contributed by atoms with Crippen LogP contribution in [0, 0.1) is 23.2 Å². The van der Waals surface area contributed by atoms with Crippen molar-refractivity contribution in [3.63, 3.8) is 0 Å². The number of fused-ring (bicyclic) bond motifs is 1.